The summed E-state index contributed by atoms with van der Waals surface area (Å²) in [5, 5.41) is 25.2. The third-order valence-corrected chi connectivity index (χ3v) is 18.6. The second kappa shape index (κ2) is 35.4. The van der Waals surface area contributed by atoms with Crippen LogP contribution < -0.4 is 15.1 Å². The van der Waals surface area contributed by atoms with Gasteiger partial charge in [0.25, 0.3) is 0 Å². The molecule has 25 heteroatoms. The molecule has 0 atom stereocenters. The van der Waals surface area contributed by atoms with E-state index in [1.54, 1.807) is 0 Å². The van der Waals surface area contributed by atoms with E-state index >= 15 is 79.0 Å². The molecule has 0 saturated carbocycles. The maximum absolute atomic E-state index is 15.4. The number of benzene rings is 9. The Bertz CT molecular complexity index is 3380. The first-order valence-corrected chi connectivity index (χ1v) is 33.0. The first-order valence-electron chi connectivity index (χ1n) is 33.0. The number of rotatable bonds is 24. The van der Waals surface area contributed by atoms with Crippen LogP contribution in [-0.2, 0) is 16.6 Å². The molecule has 9 rings (SSSR count). The first kappa shape index (κ1) is 83.5. The lowest BCUT2D eigenvalue weighted by Gasteiger charge is -2.49. The lowest BCUT2D eigenvalue weighted by Crippen LogP contribution is -2.61. The third kappa shape index (κ3) is 16.7. The minimum atomic E-state index is -2.92. The van der Waals surface area contributed by atoms with E-state index in [0.29, 0.717) is 38.5 Å². The van der Waals surface area contributed by atoms with E-state index in [0.717, 1.165) is 183 Å². The Morgan fingerprint density at radius 1 is 0.223 bits per heavy atom. The predicted molar refractivity (Wildman–Crippen MR) is 352 cm³/mol. The normalized spacial score (nSPS) is 12.1. The Morgan fingerprint density at radius 3 is 0.408 bits per heavy atom. The average Bonchev–Trinajstić information content (AvgIpc) is 0.713. The molecule has 6 nitrogen and oxygen atoms in total. The van der Waals surface area contributed by atoms with Crippen LogP contribution in [0.4, 0.5) is 79.0 Å². The fraction of sp³-hybridized carbons (Fsp3) is 0.308. The van der Waals surface area contributed by atoms with Gasteiger partial charge < -0.3 is 28.5 Å². The second-order valence-electron chi connectivity index (χ2n) is 26.1. The molecule has 0 saturated heterocycles. The molecule has 0 heterocycles. The van der Waals surface area contributed by atoms with Gasteiger partial charge in [-0.2, -0.15) is 0 Å². The summed E-state index contributed by atoms with van der Waals surface area (Å²) < 4.78 is 276. The summed E-state index contributed by atoms with van der Waals surface area (Å²) in [6.45, 7) is 6.21. The molecule has 0 aromatic heterocycles. The van der Waals surface area contributed by atoms with Gasteiger partial charge in [-0.25, -0.2) is 79.0 Å². The minimum absolute atomic E-state index is 0.128. The highest BCUT2D eigenvalue weighted by molar-refractivity contribution is 6.24. The van der Waals surface area contributed by atoms with E-state index in [1.165, 1.54) is 42.3 Å². The molecule has 0 N–H and O–H groups in total. The van der Waals surface area contributed by atoms with Crippen LogP contribution in [0.2, 0.25) is 0 Å². The van der Waals surface area contributed by atoms with E-state index in [-0.39, 0.29) is 19.6 Å². The Kier molecular flexibility index (Phi) is 28.7. The van der Waals surface area contributed by atoms with Crippen LogP contribution in [0.3, 0.4) is 0 Å². The van der Waals surface area contributed by atoms with Crippen molar-refractivity contribution in [3.05, 3.63) is 319 Å². The Balaban J connectivity index is 0.000000236. The molecule has 9 aromatic rings. The minimum Gasteiger partial charge on any atom is -0.907 e. The van der Waals surface area contributed by atoms with Crippen LogP contribution in [0.25, 0.3) is 0 Å². The summed E-state index contributed by atoms with van der Waals surface area (Å²) >= 11 is 0. The summed E-state index contributed by atoms with van der Waals surface area (Å²) in [5.74, 6) is -21.0. The molecule has 0 spiro atoms. The molecule has 0 aliphatic heterocycles. The van der Waals surface area contributed by atoms with Crippen molar-refractivity contribution in [2.45, 2.75) is 95.2 Å². The van der Waals surface area contributed by atoms with Gasteiger partial charge in [-0.3, -0.25) is 7.32 Å². The van der Waals surface area contributed by atoms with Crippen molar-refractivity contribution >= 4 is 7.32 Å². The molecule has 0 bridgehead atoms. The Labute approximate surface area is 588 Å². The van der Waals surface area contributed by atoms with Gasteiger partial charge in [-0.05, 0) is 148 Å². The maximum Gasteiger partial charge on any atom is 0.193 e. The molecule has 552 valence electrons. The highest BCUT2D eigenvalue weighted by Crippen LogP contribution is 2.55. The fourth-order valence-electron chi connectivity index (χ4n) is 14.2. The van der Waals surface area contributed by atoms with Crippen molar-refractivity contribution < 1.29 is 108 Å². The zero-order valence-electron chi connectivity index (χ0n) is 58.0. The van der Waals surface area contributed by atoms with Gasteiger partial charge in [0.15, 0.2) is 16.6 Å². The number of hydrogen-bond acceptors (Lipinski definition) is 3. The van der Waals surface area contributed by atoms with Crippen LogP contribution >= 0.6 is 0 Å². The van der Waals surface area contributed by atoms with Crippen molar-refractivity contribution in [3.8, 4) is 0 Å². The summed E-state index contributed by atoms with van der Waals surface area (Å²) in [6, 6.07) is 26.2. The number of hydrogen-bond donors (Lipinski definition) is 0. The van der Waals surface area contributed by atoms with Crippen molar-refractivity contribution in [3.63, 3.8) is 0 Å². The predicted octanol–water partition coefficient (Wildman–Crippen LogP) is 17.3. The van der Waals surface area contributed by atoms with Crippen molar-refractivity contribution in [2.75, 3.05) is 61.9 Å². The fourth-order valence-corrected chi connectivity index (χ4v) is 14.2. The van der Waals surface area contributed by atoms with Gasteiger partial charge in [-0.15, -0.1) is 0 Å². The van der Waals surface area contributed by atoms with Crippen molar-refractivity contribution in [1.29, 1.82) is 0 Å². The van der Waals surface area contributed by atoms with Gasteiger partial charge in [0.1, 0.15) is 105 Å². The van der Waals surface area contributed by atoms with Crippen LogP contribution in [0.5, 0.6) is 0 Å². The Morgan fingerprint density at radius 2 is 0.320 bits per heavy atom. The summed E-state index contributed by atoms with van der Waals surface area (Å²) in [4.78, 5) is 0. The monoisotopic (exact) mass is 1460 g/mol. The SMILES string of the molecule is CCCCC[N+](C)(C)C(c1c(F)cccc1F)(c1c(F)cccc1F)c1c(F)cccc1F.CCCCC[N+](C)(C)C(c1c(F)cccc1F)(c1c(F)cccc1F)c1c(F)cccc1F.CCCCC[N+](C)(C)C(c1c(F)cccc1F)(c1c(F)cccc1F)c1c(F)cccc1F.[O-]B([O-])[O-]. The summed E-state index contributed by atoms with van der Waals surface area (Å²) in [7, 11) is 5.91. The molecule has 103 heavy (non-hydrogen) atoms. The lowest BCUT2D eigenvalue weighted by atomic mass is 9.72. The van der Waals surface area contributed by atoms with Crippen molar-refractivity contribution in [2.24, 2.45) is 0 Å². The van der Waals surface area contributed by atoms with E-state index in [4.69, 9.17) is 15.1 Å². The molecule has 0 aliphatic carbocycles. The largest absolute Gasteiger partial charge is 0.907 e. The summed E-state index contributed by atoms with van der Waals surface area (Å²) in [5.41, 5.74) is -15.0. The van der Waals surface area contributed by atoms with Crippen molar-refractivity contribution in [1.82, 2.24) is 0 Å². The average molecular weight is 1460 g/mol. The van der Waals surface area contributed by atoms with E-state index in [2.05, 4.69) is 0 Å². The van der Waals surface area contributed by atoms with Crippen LogP contribution in [0, 0.1) is 105 Å². The number of unbranched alkanes of at least 4 members (excludes halogenated alkanes) is 6. The molecular weight excluding hydrogens is 1380 g/mol. The van der Waals surface area contributed by atoms with E-state index in [9.17, 15) is 0 Å². The highest BCUT2D eigenvalue weighted by atomic mass is 19.2. The molecule has 0 aliphatic rings. The summed E-state index contributed by atoms with van der Waals surface area (Å²) in [6.07, 6.45) is 5.98. The Hall–Kier alpha value is -8.46. The van der Waals surface area contributed by atoms with Gasteiger partial charge in [0.2, 0.25) is 0 Å². The van der Waals surface area contributed by atoms with Gasteiger partial charge in [-0.1, -0.05) is 94.6 Å². The third-order valence-electron chi connectivity index (χ3n) is 18.6. The molecule has 0 amide bonds. The van der Waals surface area contributed by atoms with E-state index in [1.807, 2.05) is 20.8 Å². The molecule has 0 unspecified atom stereocenters. The van der Waals surface area contributed by atoms with E-state index < -0.39 is 192 Å². The first-order chi connectivity index (χ1) is 48.5. The highest BCUT2D eigenvalue weighted by Gasteiger charge is 2.62. The topological polar surface area (TPSA) is 69.2 Å². The second-order valence-corrected chi connectivity index (χ2v) is 26.1. The van der Waals surface area contributed by atoms with Gasteiger partial charge in [0, 0.05) is 0 Å². The van der Waals surface area contributed by atoms with Crippen LogP contribution in [0.15, 0.2) is 164 Å². The molecular formula is C78H78BF18N3O3. The molecule has 0 fully saturated rings. The molecule has 9 aromatic carbocycles. The smallest absolute Gasteiger partial charge is 0.193 e. The standard InChI is InChI=1S/3C26H26F6N.BO3/c3*1-4-5-6-16-33(2,3)26(23-17(27)10-7-11-18(23)28,24-19(29)12-8-13-20(24)30)25-21(31)14-9-15-22(25)32;2-1(3)4/h3*7-15H,4-6,16H2,1-3H3;/q3*+1;-3. The quantitative estimate of drug-likeness (QED) is 0.0199. The number of nitrogens with zero attached hydrogens (tertiary/aromatic N) is 3. The zero-order valence-corrected chi connectivity index (χ0v) is 58.0. The lowest BCUT2D eigenvalue weighted by molar-refractivity contribution is -0.937. The zero-order chi connectivity index (χ0) is 76.7. The van der Waals surface area contributed by atoms with Crippen LogP contribution in [-0.4, -0.2) is 82.7 Å². The maximum atomic E-state index is 15.4. The van der Waals surface area contributed by atoms with Gasteiger partial charge >= 0.3 is 0 Å². The van der Waals surface area contributed by atoms with Gasteiger partial charge in [0.05, 0.1) is 112 Å². The molecule has 0 radical (unpaired) electrons. The number of halogens is 18. The number of quaternary nitrogens is 3. The van der Waals surface area contributed by atoms with Crippen LogP contribution in [0.1, 0.15) is 129 Å².